The van der Waals surface area contributed by atoms with Gasteiger partial charge in [-0.1, -0.05) is 36.4 Å². The Morgan fingerprint density at radius 2 is 1.25 bits per heavy atom. The number of halogens is 2. The van der Waals surface area contributed by atoms with Crippen LogP contribution in [0.4, 0.5) is 26.6 Å². The number of hydrogen-bond donors (Lipinski definition) is 3. The van der Waals surface area contributed by atoms with E-state index < -0.39 is 10.1 Å². The molecule has 0 aliphatic carbocycles. The topological polar surface area (TPSA) is 124 Å². The zero-order valence-electron chi connectivity index (χ0n) is 22.2. The quantitative estimate of drug-likeness (QED) is 0.244. The molecule has 0 radical (unpaired) electrons. The zero-order valence-corrected chi connectivity index (χ0v) is 23.0. The second-order valence-corrected chi connectivity index (χ2v) is 10.3. The van der Waals surface area contributed by atoms with Crippen molar-refractivity contribution >= 4 is 28.0 Å². The summed E-state index contributed by atoms with van der Waals surface area (Å²) in [5, 5.41) is 6.25. The second kappa shape index (κ2) is 14.4. The molecule has 0 unspecified atom stereocenters. The molecule has 1 aromatic heterocycles. The SMILES string of the molecule is C=CCNc1nc(NCC=C)nc(N2CCN(C(c3ccc(F)cc3)c3ccc(F)cc3)CC2)n1.CS(=O)(=O)O. The molecule has 10 nitrogen and oxygen atoms in total. The first-order valence-electron chi connectivity index (χ1n) is 12.5. The van der Waals surface area contributed by atoms with Gasteiger partial charge in [-0.05, 0) is 35.4 Å². The molecule has 0 saturated carbocycles. The predicted molar refractivity (Wildman–Crippen MR) is 153 cm³/mol. The highest BCUT2D eigenvalue weighted by Crippen LogP contribution is 2.30. The summed E-state index contributed by atoms with van der Waals surface area (Å²) in [6.45, 7) is 11.3. The first-order chi connectivity index (χ1) is 19.1. The van der Waals surface area contributed by atoms with Crippen LogP contribution < -0.4 is 15.5 Å². The third-order valence-corrected chi connectivity index (χ3v) is 5.77. The summed E-state index contributed by atoms with van der Waals surface area (Å²) in [6.07, 6.45) is 4.20. The molecule has 1 aliphatic heterocycles. The third kappa shape index (κ3) is 9.67. The van der Waals surface area contributed by atoms with Crippen molar-refractivity contribution in [3.8, 4) is 0 Å². The van der Waals surface area contributed by atoms with Gasteiger partial charge in [0.1, 0.15) is 11.6 Å². The monoisotopic (exact) mass is 573 g/mol. The lowest BCUT2D eigenvalue weighted by atomic mass is 9.96. The van der Waals surface area contributed by atoms with Crippen molar-refractivity contribution in [2.45, 2.75) is 6.04 Å². The van der Waals surface area contributed by atoms with E-state index in [2.05, 4.69) is 48.5 Å². The molecule has 1 fully saturated rings. The summed E-state index contributed by atoms with van der Waals surface area (Å²) in [5.41, 5.74) is 1.91. The molecule has 1 aliphatic rings. The molecular weight excluding hydrogens is 540 g/mol. The first-order valence-corrected chi connectivity index (χ1v) is 14.3. The summed E-state index contributed by atoms with van der Waals surface area (Å²) in [7, 11) is -3.67. The van der Waals surface area contributed by atoms with Crippen molar-refractivity contribution < 1.29 is 21.8 Å². The van der Waals surface area contributed by atoms with Gasteiger partial charge in [-0.3, -0.25) is 9.45 Å². The first kappa shape index (κ1) is 30.6. The average molecular weight is 574 g/mol. The minimum Gasteiger partial charge on any atom is -0.351 e. The molecule has 0 bridgehead atoms. The van der Waals surface area contributed by atoms with E-state index in [-0.39, 0.29) is 17.7 Å². The lowest BCUT2D eigenvalue weighted by molar-refractivity contribution is 0.211. The van der Waals surface area contributed by atoms with Crippen LogP contribution in [0, 0.1) is 11.6 Å². The fourth-order valence-corrected chi connectivity index (χ4v) is 4.08. The Hall–Kier alpha value is -3.94. The minimum atomic E-state index is -3.67. The number of nitrogens with one attached hydrogen (secondary N) is 2. The van der Waals surface area contributed by atoms with Crippen LogP contribution >= 0.6 is 0 Å². The molecule has 3 aromatic rings. The number of hydrogen-bond acceptors (Lipinski definition) is 9. The Morgan fingerprint density at radius 1 is 0.850 bits per heavy atom. The third-order valence-electron chi connectivity index (χ3n) is 5.77. The fourth-order valence-electron chi connectivity index (χ4n) is 4.08. The summed E-state index contributed by atoms with van der Waals surface area (Å²) < 4.78 is 53.1. The van der Waals surface area contributed by atoms with Crippen LogP contribution in [-0.4, -0.2) is 78.3 Å². The van der Waals surface area contributed by atoms with Crippen molar-refractivity contribution in [2.75, 3.05) is 61.1 Å². The largest absolute Gasteiger partial charge is 0.351 e. The standard InChI is InChI=1S/C26H29F2N7.CH4O3S/c1-3-13-29-24-31-25(30-14-4-2)33-26(32-24)35-17-15-34(16-18-35)23(19-5-9-21(27)10-6-19)20-7-11-22(28)12-8-20;1-5(2,3)4/h3-12,23H,1-2,13-18H2,(H2,29,30,31,32,33);1H3,(H,2,3,4). The average Bonchev–Trinajstić information content (AvgIpc) is 2.92. The molecule has 0 atom stereocenters. The van der Waals surface area contributed by atoms with Crippen LogP contribution in [0.1, 0.15) is 17.2 Å². The Kier molecular flexibility index (Phi) is 11.1. The lowest BCUT2D eigenvalue weighted by Crippen LogP contribution is -2.48. The molecule has 40 heavy (non-hydrogen) atoms. The van der Waals surface area contributed by atoms with Crippen molar-refractivity contribution in [1.82, 2.24) is 19.9 Å². The van der Waals surface area contributed by atoms with Gasteiger partial charge < -0.3 is 15.5 Å². The highest BCUT2D eigenvalue weighted by molar-refractivity contribution is 7.85. The van der Waals surface area contributed by atoms with E-state index in [0.29, 0.717) is 50.3 Å². The van der Waals surface area contributed by atoms with Gasteiger partial charge >= 0.3 is 0 Å². The van der Waals surface area contributed by atoms with Gasteiger partial charge in [-0.2, -0.15) is 23.4 Å². The molecule has 0 spiro atoms. The van der Waals surface area contributed by atoms with Gasteiger partial charge in [0, 0.05) is 39.3 Å². The maximum atomic E-state index is 13.6. The lowest BCUT2D eigenvalue weighted by Gasteiger charge is -2.39. The van der Waals surface area contributed by atoms with Crippen molar-refractivity contribution in [3.05, 3.63) is 96.6 Å². The maximum Gasteiger partial charge on any atom is 0.261 e. The molecule has 2 aromatic carbocycles. The van der Waals surface area contributed by atoms with Crippen LogP contribution in [0.5, 0.6) is 0 Å². The van der Waals surface area contributed by atoms with Gasteiger partial charge in [-0.25, -0.2) is 8.78 Å². The van der Waals surface area contributed by atoms with Gasteiger partial charge in [0.25, 0.3) is 10.1 Å². The van der Waals surface area contributed by atoms with Crippen molar-refractivity contribution in [1.29, 1.82) is 0 Å². The van der Waals surface area contributed by atoms with E-state index >= 15 is 0 Å². The summed E-state index contributed by atoms with van der Waals surface area (Å²) in [6, 6.07) is 12.9. The van der Waals surface area contributed by atoms with Gasteiger partial charge in [0.15, 0.2) is 0 Å². The van der Waals surface area contributed by atoms with E-state index in [1.165, 1.54) is 24.3 Å². The van der Waals surface area contributed by atoms with Crippen LogP contribution in [0.25, 0.3) is 0 Å². The molecular formula is C27H33F2N7O3S. The number of anilines is 3. The minimum absolute atomic E-state index is 0.119. The molecule has 1 saturated heterocycles. The summed E-state index contributed by atoms with van der Waals surface area (Å²) in [5.74, 6) is 0.956. The van der Waals surface area contributed by atoms with Crippen LogP contribution in [0.2, 0.25) is 0 Å². The molecule has 214 valence electrons. The number of aromatic nitrogens is 3. The van der Waals surface area contributed by atoms with E-state index in [4.69, 9.17) is 4.55 Å². The van der Waals surface area contributed by atoms with Gasteiger partial charge in [0.05, 0.1) is 12.3 Å². The molecule has 2 heterocycles. The Labute approximate surface area is 233 Å². The van der Waals surface area contributed by atoms with Crippen molar-refractivity contribution in [2.24, 2.45) is 0 Å². The Bertz CT molecular complexity index is 1280. The summed E-state index contributed by atoms with van der Waals surface area (Å²) in [4.78, 5) is 18.0. The molecule has 4 rings (SSSR count). The molecule has 3 N–H and O–H groups in total. The van der Waals surface area contributed by atoms with Gasteiger partial charge in [-0.15, -0.1) is 13.2 Å². The van der Waals surface area contributed by atoms with E-state index in [9.17, 15) is 17.2 Å². The Morgan fingerprint density at radius 3 is 1.62 bits per heavy atom. The second-order valence-electron chi connectivity index (χ2n) is 8.88. The number of rotatable bonds is 10. The fraction of sp³-hybridized carbons (Fsp3) is 0.296. The highest BCUT2D eigenvalue weighted by Gasteiger charge is 2.28. The smallest absolute Gasteiger partial charge is 0.261 e. The molecule has 0 amide bonds. The predicted octanol–water partition coefficient (Wildman–Crippen LogP) is 3.76. The van der Waals surface area contributed by atoms with Crippen LogP contribution in [0.15, 0.2) is 73.8 Å². The molecule has 13 heteroatoms. The maximum absolute atomic E-state index is 13.6. The van der Waals surface area contributed by atoms with Gasteiger partial charge in [0.2, 0.25) is 17.8 Å². The van der Waals surface area contributed by atoms with E-state index in [0.717, 1.165) is 24.2 Å². The van der Waals surface area contributed by atoms with Crippen LogP contribution in [-0.2, 0) is 10.1 Å². The highest BCUT2D eigenvalue weighted by atomic mass is 32.2. The van der Waals surface area contributed by atoms with Crippen molar-refractivity contribution in [3.63, 3.8) is 0 Å². The number of piperazine rings is 1. The summed E-state index contributed by atoms with van der Waals surface area (Å²) >= 11 is 0. The van der Waals surface area contributed by atoms with E-state index in [1.807, 2.05) is 0 Å². The number of nitrogens with zero attached hydrogens (tertiary/aromatic N) is 5. The van der Waals surface area contributed by atoms with Crippen LogP contribution in [0.3, 0.4) is 0 Å². The van der Waals surface area contributed by atoms with E-state index in [1.54, 1.807) is 36.4 Å². The zero-order chi connectivity index (χ0) is 29.1. The normalized spacial score (nSPS) is 13.8. The number of benzene rings is 2. The Balaban J connectivity index is 0.000000810.